The molecular weight excluding hydrogens is 309 g/mol. The molecule has 0 aliphatic heterocycles. The molecule has 0 radical (unpaired) electrons. The number of anilines is 1. The average Bonchev–Trinajstić information content (AvgIpc) is 2.33. The number of rotatable bonds is 2. The van der Waals surface area contributed by atoms with E-state index < -0.39 is 5.91 Å². The van der Waals surface area contributed by atoms with Crippen LogP contribution < -0.4 is 5.32 Å². The number of nitrogens with zero attached hydrogens (tertiary/aromatic N) is 2. The number of aryl methyl sites for hydroxylation is 1. The Morgan fingerprint density at radius 2 is 2.00 bits per heavy atom. The van der Waals surface area contributed by atoms with Crippen LogP contribution in [-0.4, -0.2) is 15.9 Å². The number of hydrogen-bond donors (Lipinski definition) is 1. The largest absolute Gasteiger partial charge is 0.322 e. The first-order valence-electron chi connectivity index (χ1n) is 5.23. The summed E-state index contributed by atoms with van der Waals surface area (Å²) in [5, 5.41) is 3.30. The number of hydrogen-bond acceptors (Lipinski definition) is 3. The van der Waals surface area contributed by atoms with Gasteiger partial charge in [0, 0.05) is 16.9 Å². The summed E-state index contributed by atoms with van der Waals surface area (Å²) >= 11 is 17.3. The predicted molar refractivity (Wildman–Crippen MR) is 76.2 cm³/mol. The van der Waals surface area contributed by atoms with Crippen molar-refractivity contribution in [2.75, 3.05) is 5.32 Å². The van der Waals surface area contributed by atoms with E-state index in [4.69, 9.17) is 34.8 Å². The highest BCUT2D eigenvalue weighted by Crippen LogP contribution is 2.21. The SMILES string of the molecule is Cc1cc(NC(=O)c2cnc(Cl)nc2Cl)ccc1Cl. The molecule has 0 atom stereocenters. The van der Waals surface area contributed by atoms with Gasteiger partial charge in [0.05, 0.1) is 5.56 Å². The quantitative estimate of drug-likeness (QED) is 0.673. The lowest BCUT2D eigenvalue weighted by molar-refractivity contribution is 0.102. The van der Waals surface area contributed by atoms with Gasteiger partial charge in [0.15, 0.2) is 0 Å². The van der Waals surface area contributed by atoms with E-state index in [0.717, 1.165) is 5.56 Å². The molecule has 0 saturated carbocycles. The van der Waals surface area contributed by atoms with Crippen LogP contribution in [0.3, 0.4) is 0 Å². The van der Waals surface area contributed by atoms with Gasteiger partial charge in [-0.1, -0.05) is 23.2 Å². The molecule has 1 aromatic carbocycles. The number of halogens is 3. The minimum Gasteiger partial charge on any atom is -0.322 e. The Bertz CT molecular complexity index is 646. The second kappa shape index (κ2) is 5.74. The number of carbonyl (C=O) groups is 1. The highest BCUT2D eigenvalue weighted by atomic mass is 35.5. The summed E-state index contributed by atoms with van der Waals surface area (Å²) in [5.74, 6) is -0.414. The van der Waals surface area contributed by atoms with E-state index >= 15 is 0 Å². The maximum absolute atomic E-state index is 12.0. The van der Waals surface area contributed by atoms with E-state index in [9.17, 15) is 4.79 Å². The molecule has 0 unspecified atom stereocenters. The Hall–Kier alpha value is -1.36. The van der Waals surface area contributed by atoms with Gasteiger partial charge in [-0.3, -0.25) is 4.79 Å². The van der Waals surface area contributed by atoms with Crippen LogP contribution in [0.2, 0.25) is 15.5 Å². The van der Waals surface area contributed by atoms with Gasteiger partial charge in [-0.05, 0) is 42.3 Å². The summed E-state index contributed by atoms with van der Waals surface area (Å²) in [6, 6.07) is 5.15. The Morgan fingerprint density at radius 3 is 2.63 bits per heavy atom. The van der Waals surface area contributed by atoms with Crippen LogP contribution in [0.25, 0.3) is 0 Å². The van der Waals surface area contributed by atoms with E-state index in [2.05, 4.69) is 15.3 Å². The third-order valence-electron chi connectivity index (χ3n) is 2.37. The van der Waals surface area contributed by atoms with Gasteiger partial charge >= 0.3 is 0 Å². The zero-order valence-electron chi connectivity index (χ0n) is 9.75. The molecule has 1 aromatic heterocycles. The lowest BCUT2D eigenvalue weighted by Crippen LogP contribution is -2.13. The Balaban J connectivity index is 2.23. The van der Waals surface area contributed by atoms with Gasteiger partial charge in [-0.2, -0.15) is 0 Å². The molecule has 7 heteroatoms. The average molecular weight is 317 g/mol. The summed E-state index contributed by atoms with van der Waals surface area (Å²) in [4.78, 5) is 19.4. The fraction of sp³-hybridized carbons (Fsp3) is 0.0833. The second-order valence-electron chi connectivity index (χ2n) is 3.76. The molecule has 4 nitrogen and oxygen atoms in total. The molecule has 0 aliphatic carbocycles. The Kier molecular flexibility index (Phi) is 4.24. The van der Waals surface area contributed by atoms with Crippen LogP contribution in [-0.2, 0) is 0 Å². The maximum Gasteiger partial charge on any atom is 0.260 e. The van der Waals surface area contributed by atoms with E-state index in [1.165, 1.54) is 6.20 Å². The van der Waals surface area contributed by atoms with Crippen LogP contribution in [0.1, 0.15) is 15.9 Å². The highest BCUT2D eigenvalue weighted by molar-refractivity contribution is 6.34. The van der Waals surface area contributed by atoms with Crippen molar-refractivity contribution >= 4 is 46.4 Å². The molecule has 0 bridgehead atoms. The van der Waals surface area contributed by atoms with E-state index in [0.29, 0.717) is 10.7 Å². The first-order chi connectivity index (χ1) is 8.97. The minimum absolute atomic E-state index is 0.00295. The van der Waals surface area contributed by atoms with Crippen molar-refractivity contribution in [3.8, 4) is 0 Å². The fourth-order valence-electron chi connectivity index (χ4n) is 1.41. The van der Waals surface area contributed by atoms with Crippen molar-refractivity contribution in [2.45, 2.75) is 6.92 Å². The number of carbonyl (C=O) groups excluding carboxylic acids is 1. The smallest absolute Gasteiger partial charge is 0.260 e. The fourth-order valence-corrected chi connectivity index (χ4v) is 1.92. The maximum atomic E-state index is 12.0. The summed E-state index contributed by atoms with van der Waals surface area (Å²) < 4.78 is 0. The summed E-state index contributed by atoms with van der Waals surface area (Å²) in [5.41, 5.74) is 1.62. The van der Waals surface area contributed by atoms with Gasteiger partial charge in [0.25, 0.3) is 5.91 Å². The predicted octanol–water partition coefficient (Wildman–Crippen LogP) is 4.00. The Morgan fingerprint density at radius 1 is 1.26 bits per heavy atom. The molecule has 2 aromatic rings. The molecule has 1 N–H and O–H groups in total. The number of benzene rings is 1. The molecule has 0 saturated heterocycles. The second-order valence-corrected chi connectivity index (χ2v) is 4.86. The molecule has 1 heterocycles. The van der Waals surface area contributed by atoms with Crippen LogP contribution in [0.15, 0.2) is 24.4 Å². The molecule has 1 amide bonds. The molecule has 0 aliphatic rings. The van der Waals surface area contributed by atoms with Gasteiger partial charge in [0.1, 0.15) is 5.15 Å². The normalized spacial score (nSPS) is 10.3. The zero-order valence-corrected chi connectivity index (χ0v) is 12.0. The van der Waals surface area contributed by atoms with E-state index in [1.54, 1.807) is 18.2 Å². The van der Waals surface area contributed by atoms with Crippen molar-refractivity contribution in [1.82, 2.24) is 9.97 Å². The van der Waals surface area contributed by atoms with Crippen molar-refractivity contribution in [3.05, 3.63) is 51.0 Å². The van der Waals surface area contributed by atoms with Crippen LogP contribution in [0.4, 0.5) is 5.69 Å². The monoisotopic (exact) mass is 315 g/mol. The summed E-state index contributed by atoms with van der Waals surface area (Å²) in [6.45, 7) is 1.84. The lowest BCUT2D eigenvalue weighted by atomic mass is 10.2. The highest BCUT2D eigenvalue weighted by Gasteiger charge is 2.13. The van der Waals surface area contributed by atoms with Crippen molar-refractivity contribution in [3.63, 3.8) is 0 Å². The first kappa shape index (κ1) is 14.1. The summed E-state index contributed by atoms with van der Waals surface area (Å²) in [6.07, 6.45) is 1.27. The molecule has 0 spiro atoms. The van der Waals surface area contributed by atoms with E-state index in [1.807, 2.05) is 6.92 Å². The molecule has 19 heavy (non-hydrogen) atoms. The first-order valence-corrected chi connectivity index (χ1v) is 6.36. The molecule has 98 valence electrons. The zero-order chi connectivity index (χ0) is 14.0. The molecular formula is C12H8Cl3N3O. The van der Waals surface area contributed by atoms with E-state index in [-0.39, 0.29) is 16.0 Å². The molecule has 2 rings (SSSR count). The number of amides is 1. The number of nitrogens with one attached hydrogen (secondary N) is 1. The van der Waals surface area contributed by atoms with Crippen molar-refractivity contribution < 1.29 is 4.79 Å². The van der Waals surface area contributed by atoms with Crippen molar-refractivity contribution in [2.24, 2.45) is 0 Å². The topological polar surface area (TPSA) is 54.9 Å². The van der Waals surface area contributed by atoms with Gasteiger partial charge in [-0.15, -0.1) is 0 Å². The third-order valence-corrected chi connectivity index (χ3v) is 3.27. The minimum atomic E-state index is -0.414. The lowest BCUT2D eigenvalue weighted by Gasteiger charge is -2.07. The van der Waals surface area contributed by atoms with Gasteiger partial charge in [0.2, 0.25) is 5.28 Å². The number of aromatic nitrogens is 2. The summed E-state index contributed by atoms with van der Waals surface area (Å²) in [7, 11) is 0. The van der Waals surface area contributed by atoms with Crippen molar-refractivity contribution in [1.29, 1.82) is 0 Å². The van der Waals surface area contributed by atoms with Gasteiger partial charge in [-0.25, -0.2) is 9.97 Å². The molecule has 0 fully saturated rings. The van der Waals surface area contributed by atoms with Gasteiger partial charge < -0.3 is 5.32 Å². The van der Waals surface area contributed by atoms with Crippen LogP contribution >= 0.6 is 34.8 Å². The van der Waals surface area contributed by atoms with Crippen LogP contribution in [0, 0.1) is 6.92 Å². The Labute approximate surface area is 124 Å². The standard InChI is InChI=1S/C12H8Cl3N3O/c1-6-4-7(2-3-9(6)13)17-11(19)8-5-16-12(15)18-10(8)14/h2-5H,1H3,(H,17,19). The van der Waals surface area contributed by atoms with Crippen LogP contribution in [0.5, 0.6) is 0 Å². The third kappa shape index (κ3) is 3.35.